The molecule has 0 aromatic heterocycles. The van der Waals surface area contributed by atoms with Gasteiger partial charge in [-0.3, -0.25) is 0 Å². The molecule has 1 aliphatic heterocycles. The lowest BCUT2D eigenvalue weighted by molar-refractivity contribution is -0.157. The first-order chi connectivity index (χ1) is 8.25. The Labute approximate surface area is 108 Å². The molecule has 18 heavy (non-hydrogen) atoms. The lowest BCUT2D eigenvalue weighted by Crippen LogP contribution is -2.65. The van der Waals surface area contributed by atoms with Gasteiger partial charge in [0, 0.05) is 26.2 Å². The molecule has 8 heteroatoms. The van der Waals surface area contributed by atoms with Crippen molar-refractivity contribution >= 4 is 16.2 Å². The van der Waals surface area contributed by atoms with Crippen molar-refractivity contribution in [1.29, 1.82) is 0 Å². The fourth-order valence-corrected chi connectivity index (χ4v) is 3.76. The van der Waals surface area contributed by atoms with Gasteiger partial charge in [0.05, 0.1) is 5.60 Å². The molecule has 1 aliphatic rings. The molecule has 1 N–H and O–H groups in total. The fraction of sp³-hybridized carbons (Fsp3) is 0.900. The molecular formula is C10H20N2O5S. The summed E-state index contributed by atoms with van der Waals surface area (Å²) in [5.74, 6) is -1.05. The summed E-state index contributed by atoms with van der Waals surface area (Å²) in [6.45, 7) is 6.09. The summed E-state index contributed by atoms with van der Waals surface area (Å²) in [5.41, 5.74) is -0.696. The van der Waals surface area contributed by atoms with Gasteiger partial charge in [-0.2, -0.15) is 17.0 Å². The van der Waals surface area contributed by atoms with Crippen molar-refractivity contribution in [1.82, 2.24) is 8.61 Å². The van der Waals surface area contributed by atoms with Crippen LogP contribution >= 0.6 is 0 Å². The van der Waals surface area contributed by atoms with Crippen molar-refractivity contribution in [2.24, 2.45) is 0 Å². The highest BCUT2D eigenvalue weighted by atomic mass is 32.2. The average molecular weight is 280 g/mol. The van der Waals surface area contributed by atoms with Crippen molar-refractivity contribution in [2.75, 3.05) is 32.8 Å². The van der Waals surface area contributed by atoms with E-state index in [0.717, 1.165) is 0 Å². The maximum atomic E-state index is 12.1. The van der Waals surface area contributed by atoms with Gasteiger partial charge in [-0.05, 0) is 6.92 Å². The van der Waals surface area contributed by atoms with E-state index in [4.69, 9.17) is 9.84 Å². The number of carboxylic acids is 1. The summed E-state index contributed by atoms with van der Waals surface area (Å²) in [5, 5.41) is 8.52. The van der Waals surface area contributed by atoms with Gasteiger partial charge in [0.25, 0.3) is 10.2 Å². The highest BCUT2D eigenvalue weighted by Gasteiger charge is 2.47. The second-order valence-electron chi connectivity index (χ2n) is 4.49. The van der Waals surface area contributed by atoms with Crippen molar-refractivity contribution in [3.8, 4) is 0 Å². The molecule has 0 amide bonds. The number of aliphatic carboxylic acids is 1. The summed E-state index contributed by atoms with van der Waals surface area (Å²) in [6, 6.07) is 0. The minimum absolute atomic E-state index is 0.194. The Balaban J connectivity index is 2.57. The number of ether oxygens (including phenoxy) is 1. The van der Waals surface area contributed by atoms with Gasteiger partial charge in [-0.25, -0.2) is 4.79 Å². The molecule has 0 aliphatic carbocycles. The van der Waals surface area contributed by atoms with Gasteiger partial charge >= 0.3 is 5.97 Å². The lowest BCUT2D eigenvalue weighted by Gasteiger charge is -2.47. The maximum absolute atomic E-state index is 12.1. The van der Waals surface area contributed by atoms with Crippen molar-refractivity contribution in [3.05, 3.63) is 0 Å². The fourth-order valence-electron chi connectivity index (χ4n) is 1.90. The van der Waals surface area contributed by atoms with Crippen molar-refractivity contribution in [3.63, 3.8) is 0 Å². The zero-order chi connectivity index (χ0) is 14.0. The van der Waals surface area contributed by atoms with Crippen molar-refractivity contribution in [2.45, 2.75) is 26.4 Å². The molecule has 1 fully saturated rings. The third kappa shape index (κ3) is 3.19. The van der Waals surface area contributed by atoms with Crippen molar-refractivity contribution < 1.29 is 23.1 Å². The quantitative estimate of drug-likeness (QED) is 0.695. The van der Waals surface area contributed by atoms with E-state index >= 15 is 0 Å². The zero-order valence-corrected chi connectivity index (χ0v) is 11.7. The van der Waals surface area contributed by atoms with Crippen LogP contribution in [0, 0.1) is 0 Å². The summed E-state index contributed by atoms with van der Waals surface area (Å²) >= 11 is 0. The van der Waals surface area contributed by atoms with Crippen LogP contribution < -0.4 is 0 Å². The van der Waals surface area contributed by atoms with Crippen LogP contribution in [0.4, 0.5) is 0 Å². The topological polar surface area (TPSA) is 87.2 Å². The van der Waals surface area contributed by atoms with Crippen LogP contribution in [0.25, 0.3) is 0 Å². The first kappa shape index (κ1) is 15.4. The van der Waals surface area contributed by atoms with Crippen LogP contribution in [0.15, 0.2) is 0 Å². The Kier molecular flexibility index (Phi) is 4.71. The van der Waals surface area contributed by atoms with Gasteiger partial charge in [0.15, 0.2) is 0 Å². The standard InChI is InChI=1S/C10H20N2O5S/c1-4-11(5-2)18(15,16)12-7-10(3,8-12)17-6-9(13)14/h4-8H2,1-3H3,(H,13,14). The van der Waals surface area contributed by atoms with E-state index in [-0.39, 0.29) is 13.1 Å². The summed E-state index contributed by atoms with van der Waals surface area (Å²) in [4.78, 5) is 10.4. The van der Waals surface area contributed by atoms with Gasteiger partial charge in [0.1, 0.15) is 6.61 Å². The van der Waals surface area contributed by atoms with E-state index in [1.54, 1.807) is 20.8 Å². The molecule has 0 radical (unpaired) electrons. The molecule has 106 valence electrons. The Hall–Kier alpha value is -0.700. The second-order valence-corrected chi connectivity index (χ2v) is 6.42. The summed E-state index contributed by atoms with van der Waals surface area (Å²) in [7, 11) is -3.43. The summed E-state index contributed by atoms with van der Waals surface area (Å²) in [6.07, 6.45) is 0. The highest BCUT2D eigenvalue weighted by Crippen LogP contribution is 2.28. The number of nitrogens with zero attached hydrogens (tertiary/aromatic N) is 2. The van der Waals surface area contributed by atoms with E-state index in [2.05, 4.69) is 0 Å². The normalized spacial score (nSPS) is 19.8. The number of carboxylic acid groups (broad SMARTS) is 1. The van der Waals surface area contributed by atoms with Crippen LogP contribution in [0.3, 0.4) is 0 Å². The highest BCUT2D eigenvalue weighted by molar-refractivity contribution is 7.86. The van der Waals surface area contributed by atoms with E-state index < -0.39 is 28.4 Å². The molecule has 0 aromatic rings. The number of hydrogen-bond donors (Lipinski definition) is 1. The molecular weight excluding hydrogens is 260 g/mol. The summed E-state index contributed by atoms with van der Waals surface area (Å²) < 4.78 is 32.0. The molecule has 0 unspecified atom stereocenters. The lowest BCUT2D eigenvalue weighted by atomic mass is 10.0. The molecule has 0 aromatic carbocycles. The predicted octanol–water partition coefficient (Wildman–Crippen LogP) is -0.251. The maximum Gasteiger partial charge on any atom is 0.329 e. The SMILES string of the molecule is CCN(CC)S(=O)(=O)N1CC(C)(OCC(=O)O)C1. The van der Waals surface area contributed by atoms with E-state index in [1.165, 1.54) is 8.61 Å². The van der Waals surface area contributed by atoms with Crippen LogP contribution in [0.5, 0.6) is 0 Å². The van der Waals surface area contributed by atoms with E-state index in [0.29, 0.717) is 13.1 Å². The molecule has 1 heterocycles. The average Bonchev–Trinajstić information content (AvgIpc) is 2.23. The Morgan fingerprint density at radius 3 is 2.28 bits per heavy atom. The van der Waals surface area contributed by atoms with Crippen LogP contribution in [0.2, 0.25) is 0 Å². The monoisotopic (exact) mass is 280 g/mol. The number of carbonyl (C=O) groups is 1. The third-order valence-electron chi connectivity index (χ3n) is 2.92. The first-order valence-electron chi connectivity index (χ1n) is 5.86. The van der Waals surface area contributed by atoms with Gasteiger partial charge < -0.3 is 9.84 Å². The predicted molar refractivity (Wildman–Crippen MR) is 65.4 cm³/mol. The Bertz CT molecular complexity index is 398. The first-order valence-corrected chi connectivity index (χ1v) is 7.26. The number of hydrogen-bond acceptors (Lipinski definition) is 4. The van der Waals surface area contributed by atoms with E-state index in [1.807, 2.05) is 0 Å². The zero-order valence-electron chi connectivity index (χ0n) is 10.9. The van der Waals surface area contributed by atoms with Crippen LogP contribution in [-0.4, -0.2) is 66.5 Å². The molecule has 7 nitrogen and oxygen atoms in total. The van der Waals surface area contributed by atoms with Gasteiger partial charge in [0.2, 0.25) is 0 Å². The molecule has 0 bridgehead atoms. The molecule has 1 saturated heterocycles. The minimum atomic E-state index is -3.43. The van der Waals surface area contributed by atoms with Gasteiger partial charge in [-0.1, -0.05) is 13.8 Å². The largest absolute Gasteiger partial charge is 0.480 e. The molecule has 0 spiro atoms. The Morgan fingerprint density at radius 1 is 1.39 bits per heavy atom. The van der Waals surface area contributed by atoms with E-state index in [9.17, 15) is 13.2 Å². The third-order valence-corrected chi connectivity index (χ3v) is 5.00. The van der Waals surface area contributed by atoms with Crippen LogP contribution in [-0.2, 0) is 19.7 Å². The second kappa shape index (κ2) is 5.52. The van der Waals surface area contributed by atoms with Gasteiger partial charge in [-0.15, -0.1) is 0 Å². The molecule has 1 rings (SSSR count). The molecule has 0 saturated carbocycles. The molecule has 0 atom stereocenters. The van der Waals surface area contributed by atoms with Crippen LogP contribution in [0.1, 0.15) is 20.8 Å². The number of rotatable bonds is 7. The Morgan fingerprint density at radius 2 is 1.89 bits per heavy atom. The smallest absolute Gasteiger partial charge is 0.329 e. The minimum Gasteiger partial charge on any atom is -0.480 e.